The van der Waals surface area contributed by atoms with Gasteiger partial charge in [0.2, 0.25) is 0 Å². The van der Waals surface area contributed by atoms with Crippen molar-refractivity contribution < 1.29 is 9.59 Å². The number of nitrogens with one attached hydrogen (secondary N) is 2. The number of amides is 3. The third-order valence-corrected chi connectivity index (χ3v) is 4.20. The maximum Gasteiger partial charge on any atom is 0.331 e. The fraction of sp³-hybridized carbons (Fsp3) is 0.467. The van der Waals surface area contributed by atoms with Crippen molar-refractivity contribution in [3.05, 3.63) is 18.3 Å². The van der Waals surface area contributed by atoms with Gasteiger partial charge in [-0.05, 0) is 31.4 Å². The van der Waals surface area contributed by atoms with Gasteiger partial charge in [-0.1, -0.05) is 0 Å². The predicted molar refractivity (Wildman–Crippen MR) is 83.5 cm³/mol. The molecule has 120 valence electrons. The van der Waals surface area contributed by atoms with E-state index in [0.29, 0.717) is 11.5 Å². The third-order valence-electron chi connectivity index (χ3n) is 4.20. The maximum atomic E-state index is 11.9. The minimum atomic E-state index is -0.335. The van der Waals surface area contributed by atoms with Gasteiger partial charge in [-0.15, -0.1) is 0 Å². The summed E-state index contributed by atoms with van der Waals surface area (Å²) in [6, 6.07) is 3.62. The molecule has 2 atom stereocenters. The average molecular weight is 314 g/mol. The molecule has 1 aliphatic carbocycles. The lowest BCUT2D eigenvalue weighted by Crippen LogP contribution is -2.31. The van der Waals surface area contributed by atoms with Gasteiger partial charge in [0.15, 0.2) is 6.19 Å². The zero-order chi connectivity index (χ0) is 16.4. The minimum absolute atomic E-state index is 0.0915. The van der Waals surface area contributed by atoms with Crippen LogP contribution in [-0.2, 0) is 4.79 Å². The van der Waals surface area contributed by atoms with Gasteiger partial charge in [-0.2, -0.15) is 5.26 Å². The Balaban J connectivity index is 1.63. The normalized spacial score (nSPS) is 24.0. The number of hydrogen-bond donors (Lipinski definition) is 2. The Kier molecular flexibility index (Phi) is 4.02. The van der Waals surface area contributed by atoms with E-state index in [1.807, 2.05) is 6.19 Å². The van der Waals surface area contributed by atoms with Crippen molar-refractivity contribution in [2.24, 2.45) is 0 Å². The first-order valence-electron chi connectivity index (χ1n) is 7.53. The molecule has 2 N–H and O–H groups in total. The van der Waals surface area contributed by atoms with Crippen LogP contribution in [0.4, 0.5) is 16.3 Å². The Morgan fingerprint density at radius 3 is 2.70 bits per heavy atom. The average Bonchev–Trinajstić information content (AvgIpc) is 3.06. The van der Waals surface area contributed by atoms with Crippen LogP contribution in [0.15, 0.2) is 18.3 Å². The van der Waals surface area contributed by atoms with Gasteiger partial charge in [-0.25, -0.2) is 14.7 Å². The second-order valence-corrected chi connectivity index (χ2v) is 5.88. The van der Waals surface area contributed by atoms with E-state index in [9.17, 15) is 9.59 Å². The van der Waals surface area contributed by atoms with E-state index < -0.39 is 0 Å². The van der Waals surface area contributed by atoms with E-state index in [2.05, 4.69) is 15.6 Å². The number of aromatic nitrogens is 1. The number of nitrogens with zero attached hydrogens (tertiary/aromatic N) is 4. The van der Waals surface area contributed by atoms with E-state index in [0.717, 1.165) is 24.2 Å². The molecule has 1 saturated carbocycles. The Morgan fingerprint density at radius 1 is 1.30 bits per heavy atom. The molecule has 0 spiro atoms. The number of anilines is 2. The zero-order valence-electron chi connectivity index (χ0n) is 12.8. The minimum Gasteiger partial charge on any atom is -0.367 e. The number of likely N-dealkylation sites (N-methyl/N-ethyl adjacent to an activating group) is 1. The highest BCUT2D eigenvalue weighted by Crippen LogP contribution is 2.24. The summed E-state index contributed by atoms with van der Waals surface area (Å²) < 4.78 is 0. The quantitative estimate of drug-likeness (QED) is 0.486. The van der Waals surface area contributed by atoms with Gasteiger partial charge in [0.25, 0.3) is 5.91 Å². The van der Waals surface area contributed by atoms with E-state index in [-0.39, 0.29) is 30.6 Å². The van der Waals surface area contributed by atoms with Crippen LogP contribution in [0.25, 0.3) is 0 Å². The van der Waals surface area contributed by atoms with Gasteiger partial charge in [-0.3, -0.25) is 4.79 Å². The molecule has 3 amide bonds. The molecule has 1 aromatic heterocycles. The highest BCUT2D eigenvalue weighted by atomic mass is 16.2. The Bertz CT molecular complexity index is 653. The molecule has 8 heteroatoms. The first kappa shape index (κ1) is 15.1. The largest absolute Gasteiger partial charge is 0.367 e. The summed E-state index contributed by atoms with van der Waals surface area (Å²) in [6.45, 7) is 0.0915. The maximum absolute atomic E-state index is 11.9. The van der Waals surface area contributed by atoms with Crippen LogP contribution >= 0.6 is 0 Å². The van der Waals surface area contributed by atoms with Crippen LogP contribution in [0.1, 0.15) is 19.3 Å². The van der Waals surface area contributed by atoms with Crippen molar-refractivity contribution in [1.29, 1.82) is 5.26 Å². The number of hydrogen-bond acceptors (Lipinski definition) is 6. The molecule has 0 aromatic carbocycles. The van der Waals surface area contributed by atoms with Crippen LogP contribution in [0.2, 0.25) is 0 Å². The molecule has 23 heavy (non-hydrogen) atoms. The molecule has 2 aliphatic rings. The van der Waals surface area contributed by atoms with Gasteiger partial charge < -0.3 is 15.5 Å². The molecular formula is C15H18N6O2. The van der Waals surface area contributed by atoms with E-state index in [4.69, 9.17) is 5.26 Å². The number of pyridine rings is 1. The van der Waals surface area contributed by atoms with Gasteiger partial charge >= 0.3 is 6.03 Å². The van der Waals surface area contributed by atoms with Gasteiger partial charge in [0.05, 0.1) is 11.9 Å². The van der Waals surface area contributed by atoms with Crippen LogP contribution in [0.3, 0.4) is 0 Å². The van der Waals surface area contributed by atoms with Crippen LogP contribution < -0.4 is 15.5 Å². The van der Waals surface area contributed by atoms with Crippen LogP contribution in [-0.4, -0.2) is 47.5 Å². The molecule has 2 heterocycles. The Hall–Kier alpha value is -2.82. The second kappa shape index (κ2) is 6.12. The summed E-state index contributed by atoms with van der Waals surface area (Å²) >= 11 is 0. The van der Waals surface area contributed by atoms with E-state index in [1.54, 1.807) is 19.2 Å². The number of nitriles is 1. The first-order valence-corrected chi connectivity index (χ1v) is 7.53. The molecule has 0 radical (unpaired) electrons. The summed E-state index contributed by atoms with van der Waals surface area (Å²) in [5.41, 5.74) is 0.477. The van der Waals surface area contributed by atoms with Gasteiger partial charge in [0.1, 0.15) is 12.4 Å². The lowest BCUT2D eigenvalue weighted by atomic mass is 10.2. The van der Waals surface area contributed by atoms with Crippen molar-refractivity contribution in [1.82, 2.24) is 15.2 Å². The van der Waals surface area contributed by atoms with Crippen LogP contribution in [0.5, 0.6) is 0 Å². The predicted octanol–water partition coefficient (Wildman–Crippen LogP) is 0.884. The van der Waals surface area contributed by atoms with E-state index in [1.165, 1.54) is 11.1 Å². The Morgan fingerprint density at radius 2 is 2.09 bits per heavy atom. The monoisotopic (exact) mass is 314 g/mol. The van der Waals surface area contributed by atoms with Crippen molar-refractivity contribution in [3.8, 4) is 6.19 Å². The highest BCUT2D eigenvalue weighted by Gasteiger charge is 2.35. The topological polar surface area (TPSA) is 101 Å². The van der Waals surface area contributed by atoms with Crippen molar-refractivity contribution in [2.75, 3.05) is 23.8 Å². The zero-order valence-corrected chi connectivity index (χ0v) is 12.8. The molecule has 0 bridgehead atoms. The number of rotatable bonds is 4. The Labute approximate surface area is 134 Å². The first-order chi connectivity index (χ1) is 11.1. The molecule has 3 rings (SSSR count). The molecule has 2 fully saturated rings. The molecule has 1 aromatic rings. The van der Waals surface area contributed by atoms with Crippen LogP contribution in [0, 0.1) is 11.5 Å². The number of carbonyl (C=O) groups excluding carboxylic acids is 2. The summed E-state index contributed by atoms with van der Waals surface area (Å²) in [6.07, 6.45) is 6.29. The molecular weight excluding hydrogens is 296 g/mol. The van der Waals surface area contributed by atoms with Gasteiger partial charge in [0, 0.05) is 19.1 Å². The standard InChI is InChI=1S/C15H18N6O2/c1-20-8-14(22)21(15(20)23)12-4-5-13(17-7-12)19-11-3-2-10(6-11)18-9-16/h4-5,7,10-11,18H,2-3,6,8H2,1H3,(H,17,19)/t10-,11-/m0/s1. The number of urea groups is 1. The molecule has 1 aliphatic heterocycles. The van der Waals surface area contributed by atoms with Crippen molar-refractivity contribution in [3.63, 3.8) is 0 Å². The number of imide groups is 1. The fourth-order valence-electron chi connectivity index (χ4n) is 3.02. The second-order valence-electron chi connectivity index (χ2n) is 5.88. The summed E-state index contributed by atoms with van der Waals surface area (Å²) in [5, 5.41) is 14.7. The third kappa shape index (κ3) is 3.04. The molecule has 8 nitrogen and oxygen atoms in total. The highest BCUT2D eigenvalue weighted by molar-refractivity contribution is 6.19. The van der Waals surface area contributed by atoms with Crippen molar-refractivity contribution >= 4 is 23.4 Å². The van der Waals surface area contributed by atoms with Crippen molar-refractivity contribution in [2.45, 2.75) is 31.3 Å². The SMILES string of the molecule is CN1CC(=O)N(c2ccc(N[C@H]3CC[C@H](NC#N)C3)nc2)C1=O. The lowest BCUT2D eigenvalue weighted by Gasteiger charge is -2.16. The number of carbonyl (C=O) groups is 2. The van der Waals surface area contributed by atoms with E-state index >= 15 is 0 Å². The molecule has 0 unspecified atom stereocenters. The molecule has 1 saturated heterocycles. The smallest absolute Gasteiger partial charge is 0.331 e. The lowest BCUT2D eigenvalue weighted by molar-refractivity contribution is -0.116. The fourth-order valence-corrected chi connectivity index (χ4v) is 3.02. The summed E-state index contributed by atoms with van der Waals surface area (Å²) in [4.78, 5) is 30.6. The summed E-state index contributed by atoms with van der Waals surface area (Å²) in [5.74, 6) is 0.449. The summed E-state index contributed by atoms with van der Waals surface area (Å²) in [7, 11) is 1.59.